The largest absolute Gasteiger partial charge is 0.462 e. The van der Waals surface area contributed by atoms with E-state index in [0.717, 1.165) is 19.4 Å². The summed E-state index contributed by atoms with van der Waals surface area (Å²) in [5, 5.41) is 1.17. The molecule has 0 saturated carbocycles. The van der Waals surface area contributed by atoms with Gasteiger partial charge in [0.15, 0.2) is 0 Å². The third-order valence-corrected chi connectivity index (χ3v) is 5.01. The number of ether oxygens (including phenoxy) is 1. The lowest BCUT2D eigenvalue weighted by molar-refractivity contribution is 0.0526. The summed E-state index contributed by atoms with van der Waals surface area (Å²) < 4.78 is 6.05. The zero-order valence-corrected chi connectivity index (χ0v) is 14.1. The molecule has 0 spiro atoms. The minimum Gasteiger partial charge on any atom is -0.462 e. The lowest BCUT2D eigenvalue weighted by atomic mass is 10.1. The van der Waals surface area contributed by atoms with Crippen LogP contribution >= 0.6 is 46.0 Å². The van der Waals surface area contributed by atoms with Gasteiger partial charge in [-0.1, -0.05) is 11.6 Å². The fourth-order valence-corrected chi connectivity index (χ4v) is 3.56. The second-order valence-electron chi connectivity index (χ2n) is 3.71. The van der Waals surface area contributed by atoms with Gasteiger partial charge in [-0.25, -0.2) is 4.79 Å². The topological polar surface area (TPSA) is 39.2 Å². The Balaban J connectivity index is 2.61. The maximum Gasteiger partial charge on any atom is 0.341 e. The van der Waals surface area contributed by atoms with Gasteiger partial charge in [0, 0.05) is 20.0 Å². The number of nitrogens with zero attached hydrogens (tertiary/aromatic N) is 1. The molecular formula is C13H11ClINO2S. The Kier molecular flexibility index (Phi) is 4.92. The fraction of sp³-hybridized carbons (Fsp3) is 0.231. The van der Waals surface area contributed by atoms with Crippen molar-refractivity contribution in [2.45, 2.75) is 11.8 Å². The van der Waals surface area contributed by atoms with Gasteiger partial charge in [-0.2, -0.15) is 0 Å². The van der Waals surface area contributed by atoms with Crippen LogP contribution in [0.15, 0.2) is 23.2 Å². The van der Waals surface area contributed by atoms with Gasteiger partial charge < -0.3 is 4.74 Å². The number of rotatable bonds is 3. The standard InChI is InChI=1S/C13H11ClINO2S/c1-3-18-13(17)8-6-16-10-5-11(19-2)9(15)4-7(10)12(8)14/h4-6H,3H2,1-2H3. The number of hydrogen-bond donors (Lipinski definition) is 0. The molecule has 0 fully saturated rings. The third kappa shape index (κ3) is 2.98. The van der Waals surface area contributed by atoms with Crippen LogP contribution in [-0.4, -0.2) is 23.8 Å². The number of hydrogen-bond acceptors (Lipinski definition) is 4. The molecule has 100 valence electrons. The number of benzene rings is 1. The van der Waals surface area contributed by atoms with Crippen molar-refractivity contribution >= 4 is 62.8 Å². The average molecular weight is 408 g/mol. The first-order valence-corrected chi connectivity index (χ1v) is 8.25. The molecule has 0 N–H and O–H groups in total. The van der Waals surface area contributed by atoms with Gasteiger partial charge in [0.1, 0.15) is 0 Å². The molecule has 1 aromatic carbocycles. The number of esters is 1. The van der Waals surface area contributed by atoms with Crippen LogP contribution in [0, 0.1) is 3.57 Å². The second-order valence-corrected chi connectivity index (χ2v) is 6.10. The highest BCUT2D eigenvalue weighted by molar-refractivity contribution is 14.1. The van der Waals surface area contributed by atoms with E-state index in [1.54, 1.807) is 18.7 Å². The van der Waals surface area contributed by atoms with Crippen molar-refractivity contribution in [3.8, 4) is 0 Å². The minimum absolute atomic E-state index is 0.309. The maximum atomic E-state index is 11.8. The van der Waals surface area contributed by atoms with Crippen molar-refractivity contribution in [3.05, 3.63) is 32.5 Å². The Morgan fingerprint density at radius 3 is 2.89 bits per heavy atom. The quantitative estimate of drug-likeness (QED) is 0.430. The van der Waals surface area contributed by atoms with Crippen molar-refractivity contribution in [1.29, 1.82) is 0 Å². The molecule has 0 aliphatic rings. The average Bonchev–Trinajstić information content (AvgIpc) is 2.39. The molecule has 0 aliphatic carbocycles. The molecular weight excluding hydrogens is 397 g/mol. The predicted octanol–water partition coefficient (Wildman–Crippen LogP) is 4.39. The summed E-state index contributed by atoms with van der Waals surface area (Å²) in [7, 11) is 0. The first-order valence-electron chi connectivity index (χ1n) is 5.57. The SMILES string of the molecule is CCOC(=O)c1cnc2cc(SC)c(I)cc2c1Cl. The van der Waals surface area contributed by atoms with Gasteiger partial charge in [0.25, 0.3) is 0 Å². The van der Waals surface area contributed by atoms with Crippen LogP contribution in [-0.2, 0) is 4.74 Å². The van der Waals surface area contributed by atoms with E-state index in [1.165, 1.54) is 6.20 Å². The summed E-state index contributed by atoms with van der Waals surface area (Å²) in [6.07, 6.45) is 3.48. The zero-order valence-electron chi connectivity index (χ0n) is 10.4. The van der Waals surface area contributed by atoms with Crippen molar-refractivity contribution < 1.29 is 9.53 Å². The number of carbonyl (C=O) groups is 1. The molecule has 6 heteroatoms. The van der Waals surface area contributed by atoms with Crippen molar-refractivity contribution in [2.75, 3.05) is 12.9 Å². The van der Waals surface area contributed by atoms with Crippen LogP contribution in [0.5, 0.6) is 0 Å². The lowest BCUT2D eigenvalue weighted by Crippen LogP contribution is -2.06. The fourth-order valence-electron chi connectivity index (χ4n) is 1.67. The summed E-state index contributed by atoms with van der Waals surface area (Å²) in [6, 6.07) is 3.92. The number of halogens is 2. The van der Waals surface area contributed by atoms with Crippen molar-refractivity contribution in [1.82, 2.24) is 4.98 Å². The zero-order chi connectivity index (χ0) is 14.0. The summed E-state index contributed by atoms with van der Waals surface area (Å²) in [5.41, 5.74) is 1.09. The van der Waals surface area contributed by atoms with Crippen LogP contribution in [0.1, 0.15) is 17.3 Å². The van der Waals surface area contributed by atoms with Gasteiger partial charge in [-0.15, -0.1) is 11.8 Å². The molecule has 0 bridgehead atoms. The molecule has 0 radical (unpaired) electrons. The number of aromatic nitrogens is 1. The van der Waals surface area contributed by atoms with Gasteiger partial charge >= 0.3 is 5.97 Å². The Bertz CT molecular complexity index is 648. The Hall–Kier alpha value is -0.530. The van der Waals surface area contributed by atoms with Crippen LogP contribution in [0.2, 0.25) is 5.02 Å². The monoisotopic (exact) mass is 407 g/mol. The highest BCUT2D eigenvalue weighted by atomic mass is 127. The summed E-state index contributed by atoms with van der Waals surface area (Å²) >= 11 is 10.2. The first kappa shape index (κ1) is 14.9. The van der Waals surface area contributed by atoms with Crippen LogP contribution < -0.4 is 0 Å². The molecule has 2 rings (SSSR count). The van der Waals surface area contributed by atoms with Gasteiger partial charge in [0.05, 0.1) is 22.7 Å². The van der Waals surface area contributed by atoms with Gasteiger partial charge in [0.2, 0.25) is 0 Å². The third-order valence-electron chi connectivity index (χ3n) is 2.57. The van der Waals surface area contributed by atoms with Crippen LogP contribution in [0.4, 0.5) is 0 Å². The molecule has 0 unspecified atom stereocenters. The number of fused-ring (bicyclic) bond motifs is 1. The molecule has 19 heavy (non-hydrogen) atoms. The molecule has 1 heterocycles. The molecule has 0 aliphatic heterocycles. The normalized spacial score (nSPS) is 10.7. The summed E-state index contributed by atoms with van der Waals surface area (Å²) in [6.45, 7) is 2.07. The minimum atomic E-state index is -0.439. The highest BCUT2D eigenvalue weighted by Crippen LogP contribution is 2.32. The van der Waals surface area contributed by atoms with E-state index in [4.69, 9.17) is 16.3 Å². The van der Waals surface area contributed by atoms with E-state index in [1.807, 2.05) is 18.4 Å². The molecule has 0 amide bonds. The predicted molar refractivity (Wildman–Crippen MR) is 87.2 cm³/mol. The molecule has 3 nitrogen and oxygen atoms in total. The van der Waals surface area contributed by atoms with E-state index >= 15 is 0 Å². The lowest BCUT2D eigenvalue weighted by Gasteiger charge is -2.09. The number of pyridine rings is 1. The molecule has 2 aromatic rings. The van der Waals surface area contributed by atoms with E-state index in [2.05, 4.69) is 27.6 Å². The molecule has 0 atom stereocenters. The first-order chi connectivity index (χ1) is 9.08. The Morgan fingerprint density at radius 2 is 2.26 bits per heavy atom. The highest BCUT2D eigenvalue weighted by Gasteiger charge is 2.16. The molecule has 1 aromatic heterocycles. The van der Waals surface area contributed by atoms with E-state index < -0.39 is 5.97 Å². The summed E-state index contributed by atoms with van der Waals surface area (Å²) in [4.78, 5) is 17.2. The van der Waals surface area contributed by atoms with E-state index in [-0.39, 0.29) is 0 Å². The van der Waals surface area contributed by atoms with E-state index in [0.29, 0.717) is 17.2 Å². The van der Waals surface area contributed by atoms with Crippen molar-refractivity contribution in [3.63, 3.8) is 0 Å². The van der Waals surface area contributed by atoms with Crippen LogP contribution in [0.25, 0.3) is 10.9 Å². The number of carbonyl (C=O) groups excluding carboxylic acids is 1. The molecule has 0 saturated heterocycles. The van der Waals surface area contributed by atoms with E-state index in [9.17, 15) is 4.79 Å². The Labute approximate surface area is 134 Å². The van der Waals surface area contributed by atoms with Crippen molar-refractivity contribution in [2.24, 2.45) is 0 Å². The smallest absolute Gasteiger partial charge is 0.341 e. The Morgan fingerprint density at radius 1 is 1.53 bits per heavy atom. The number of thioether (sulfide) groups is 1. The van der Waals surface area contributed by atoms with Gasteiger partial charge in [-0.3, -0.25) is 4.98 Å². The van der Waals surface area contributed by atoms with Gasteiger partial charge in [-0.05, 0) is 47.9 Å². The van der Waals surface area contributed by atoms with Crippen LogP contribution in [0.3, 0.4) is 0 Å². The summed E-state index contributed by atoms with van der Waals surface area (Å²) in [5.74, 6) is -0.439. The second kappa shape index (κ2) is 6.28. The maximum absolute atomic E-state index is 11.8.